The molecule has 0 aliphatic carbocycles. The first-order valence-electron chi connectivity index (χ1n) is 5.47. The molecule has 0 saturated carbocycles. The Labute approximate surface area is 106 Å². The van der Waals surface area contributed by atoms with Crippen LogP contribution < -0.4 is 21.3 Å². The Kier molecular flexibility index (Phi) is 3.08. The van der Waals surface area contributed by atoms with Gasteiger partial charge in [0.25, 0.3) is 0 Å². The molecule has 0 radical (unpaired) electrons. The number of methoxy groups -OCH3 is 1. The number of aromatic nitrogens is 1. The molecule has 1 aromatic carbocycles. The first-order chi connectivity index (χ1) is 8.60. The lowest BCUT2D eigenvalue weighted by atomic mass is 10.1. The predicted molar refractivity (Wildman–Crippen MR) is 75.4 cm³/mol. The molecule has 0 bridgehead atoms. The van der Waals surface area contributed by atoms with Crippen molar-refractivity contribution in [2.24, 2.45) is 5.84 Å². The minimum atomic E-state index is 0.568. The summed E-state index contributed by atoms with van der Waals surface area (Å²) in [5.74, 6) is 6.46. The highest BCUT2D eigenvalue weighted by Crippen LogP contribution is 2.35. The third-order valence-corrected chi connectivity index (χ3v) is 2.79. The minimum absolute atomic E-state index is 0.568. The van der Waals surface area contributed by atoms with Gasteiger partial charge in [-0.15, -0.1) is 0 Å². The average molecular weight is 244 g/mol. The standard InChI is InChI=1S/C13H16N4O/c1-4-9-13(17(2)15)11(14)8-6-5-7-10(18-3)12(8)16-9/h4-7H,1,15H2,2-3H3,(H2,14,16). The molecule has 1 aromatic heterocycles. The summed E-state index contributed by atoms with van der Waals surface area (Å²) in [4.78, 5) is 4.50. The van der Waals surface area contributed by atoms with Crippen LogP contribution in [-0.4, -0.2) is 19.1 Å². The zero-order valence-electron chi connectivity index (χ0n) is 10.5. The number of hydrogen-bond acceptors (Lipinski definition) is 5. The number of fused-ring (bicyclic) bond motifs is 1. The molecule has 4 N–H and O–H groups in total. The maximum atomic E-state index is 6.15. The van der Waals surface area contributed by atoms with E-state index in [1.165, 1.54) is 5.01 Å². The van der Waals surface area contributed by atoms with Gasteiger partial charge in [-0.2, -0.15) is 0 Å². The van der Waals surface area contributed by atoms with Gasteiger partial charge in [-0.1, -0.05) is 18.7 Å². The van der Waals surface area contributed by atoms with E-state index in [9.17, 15) is 0 Å². The molecule has 1 heterocycles. The maximum absolute atomic E-state index is 6.15. The average Bonchev–Trinajstić information content (AvgIpc) is 2.37. The van der Waals surface area contributed by atoms with E-state index >= 15 is 0 Å². The van der Waals surface area contributed by atoms with Crippen LogP contribution in [0.2, 0.25) is 0 Å². The molecular formula is C13H16N4O. The maximum Gasteiger partial charge on any atom is 0.145 e. The van der Waals surface area contributed by atoms with E-state index in [2.05, 4.69) is 11.6 Å². The summed E-state index contributed by atoms with van der Waals surface area (Å²) in [7, 11) is 3.32. The number of nitrogen functional groups attached to an aromatic ring is 1. The molecule has 2 rings (SSSR count). The summed E-state index contributed by atoms with van der Waals surface area (Å²) in [6.45, 7) is 3.74. The van der Waals surface area contributed by atoms with Crippen LogP contribution in [0.1, 0.15) is 5.69 Å². The van der Waals surface area contributed by atoms with Crippen molar-refractivity contribution in [1.82, 2.24) is 4.98 Å². The molecule has 2 aromatic rings. The molecule has 0 saturated heterocycles. The Bertz CT molecular complexity index is 607. The van der Waals surface area contributed by atoms with Gasteiger partial charge >= 0.3 is 0 Å². The van der Waals surface area contributed by atoms with Gasteiger partial charge in [0.2, 0.25) is 0 Å². The molecule has 0 fully saturated rings. The van der Waals surface area contributed by atoms with Crippen molar-refractivity contribution in [1.29, 1.82) is 0 Å². The van der Waals surface area contributed by atoms with Gasteiger partial charge in [0.1, 0.15) is 17.0 Å². The van der Waals surface area contributed by atoms with Crippen molar-refractivity contribution >= 4 is 28.4 Å². The second-order valence-electron chi connectivity index (χ2n) is 3.93. The van der Waals surface area contributed by atoms with Crippen LogP contribution in [0.4, 0.5) is 11.4 Å². The van der Waals surface area contributed by atoms with Crippen molar-refractivity contribution in [3.05, 3.63) is 30.5 Å². The third-order valence-electron chi connectivity index (χ3n) is 2.79. The minimum Gasteiger partial charge on any atom is -0.494 e. The molecule has 94 valence electrons. The highest BCUT2D eigenvalue weighted by molar-refractivity contribution is 6.01. The highest BCUT2D eigenvalue weighted by atomic mass is 16.5. The number of hydrogen-bond donors (Lipinski definition) is 2. The quantitative estimate of drug-likeness (QED) is 0.635. The summed E-state index contributed by atoms with van der Waals surface area (Å²) < 4.78 is 5.29. The van der Waals surface area contributed by atoms with Crippen LogP contribution >= 0.6 is 0 Å². The largest absolute Gasteiger partial charge is 0.494 e. The Morgan fingerprint density at radius 1 is 1.44 bits per heavy atom. The molecule has 0 amide bonds. The molecular weight excluding hydrogens is 228 g/mol. The fraction of sp³-hybridized carbons (Fsp3) is 0.154. The van der Waals surface area contributed by atoms with E-state index in [0.29, 0.717) is 28.3 Å². The first-order valence-corrected chi connectivity index (χ1v) is 5.47. The first kappa shape index (κ1) is 12.2. The summed E-state index contributed by atoms with van der Waals surface area (Å²) >= 11 is 0. The third kappa shape index (κ3) is 1.74. The van der Waals surface area contributed by atoms with Gasteiger partial charge in [-0.25, -0.2) is 10.8 Å². The molecule has 0 aliphatic heterocycles. The highest BCUT2D eigenvalue weighted by Gasteiger charge is 2.15. The van der Waals surface area contributed by atoms with Gasteiger partial charge in [0.15, 0.2) is 0 Å². The second-order valence-corrected chi connectivity index (χ2v) is 3.93. The number of nitrogens with zero attached hydrogens (tertiary/aromatic N) is 2. The smallest absolute Gasteiger partial charge is 0.145 e. The van der Waals surface area contributed by atoms with Gasteiger partial charge in [-0.3, -0.25) is 0 Å². The molecule has 0 spiro atoms. The Hall–Kier alpha value is -2.27. The number of anilines is 2. The number of pyridine rings is 1. The van der Waals surface area contributed by atoms with Crippen LogP contribution in [0.25, 0.3) is 17.0 Å². The molecule has 5 nitrogen and oxygen atoms in total. The van der Waals surface area contributed by atoms with Crippen molar-refractivity contribution in [3.8, 4) is 5.75 Å². The van der Waals surface area contributed by atoms with E-state index < -0.39 is 0 Å². The van der Waals surface area contributed by atoms with E-state index in [1.807, 2.05) is 18.2 Å². The summed E-state index contributed by atoms with van der Waals surface area (Å²) in [5.41, 5.74) is 8.72. The fourth-order valence-corrected chi connectivity index (χ4v) is 1.97. The predicted octanol–water partition coefficient (Wildman–Crippen LogP) is 1.78. The zero-order valence-corrected chi connectivity index (χ0v) is 10.5. The Balaban J connectivity index is 2.90. The number of ether oxygens (including phenoxy) is 1. The molecule has 0 unspecified atom stereocenters. The van der Waals surface area contributed by atoms with Crippen LogP contribution in [0, 0.1) is 0 Å². The lowest BCUT2D eigenvalue weighted by Crippen LogP contribution is -2.27. The van der Waals surface area contributed by atoms with Gasteiger partial charge < -0.3 is 15.5 Å². The molecule has 5 heteroatoms. The van der Waals surface area contributed by atoms with E-state index in [4.69, 9.17) is 16.3 Å². The van der Waals surface area contributed by atoms with Crippen molar-refractivity contribution in [2.75, 3.05) is 24.9 Å². The summed E-state index contributed by atoms with van der Waals surface area (Å²) in [5, 5.41) is 2.25. The molecule has 0 atom stereocenters. The van der Waals surface area contributed by atoms with Gasteiger partial charge in [0.05, 0.1) is 18.5 Å². The Morgan fingerprint density at radius 3 is 2.72 bits per heavy atom. The molecule has 18 heavy (non-hydrogen) atoms. The zero-order chi connectivity index (χ0) is 13.3. The number of hydrazine groups is 1. The van der Waals surface area contributed by atoms with Crippen molar-refractivity contribution < 1.29 is 4.74 Å². The number of benzene rings is 1. The fourth-order valence-electron chi connectivity index (χ4n) is 1.97. The summed E-state index contributed by atoms with van der Waals surface area (Å²) in [6, 6.07) is 5.60. The van der Waals surface area contributed by atoms with Crippen molar-refractivity contribution in [3.63, 3.8) is 0 Å². The molecule has 0 aliphatic rings. The number of para-hydroxylation sites is 1. The lowest BCUT2D eigenvalue weighted by molar-refractivity contribution is 0.419. The van der Waals surface area contributed by atoms with Crippen LogP contribution in [0.3, 0.4) is 0 Å². The van der Waals surface area contributed by atoms with Crippen molar-refractivity contribution in [2.45, 2.75) is 0 Å². The van der Waals surface area contributed by atoms with E-state index in [-0.39, 0.29) is 0 Å². The van der Waals surface area contributed by atoms with Crippen LogP contribution in [0.15, 0.2) is 24.8 Å². The Morgan fingerprint density at radius 2 is 2.17 bits per heavy atom. The number of nitrogens with two attached hydrogens (primary N) is 2. The lowest BCUT2D eigenvalue weighted by Gasteiger charge is -2.19. The normalized spacial score (nSPS) is 10.4. The van der Waals surface area contributed by atoms with Gasteiger partial charge in [0, 0.05) is 12.4 Å². The second kappa shape index (κ2) is 4.54. The van der Waals surface area contributed by atoms with Crippen LogP contribution in [0.5, 0.6) is 5.75 Å². The van der Waals surface area contributed by atoms with E-state index in [1.54, 1.807) is 20.2 Å². The summed E-state index contributed by atoms with van der Waals surface area (Å²) in [6.07, 6.45) is 1.63. The van der Waals surface area contributed by atoms with Crippen LogP contribution in [-0.2, 0) is 0 Å². The SMILES string of the molecule is C=Cc1nc2c(OC)cccc2c(N)c1N(C)N. The van der Waals surface area contributed by atoms with E-state index in [0.717, 1.165) is 5.39 Å². The monoisotopic (exact) mass is 244 g/mol. The van der Waals surface area contributed by atoms with Gasteiger partial charge in [-0.05, 0) is 12.1 Å². The topological polar surface area (TPSA) is 77.4 Å². The number of rotatable bonds is 3.